The number of halogens is 1. The van der Waals surface area contributed by atoms with Crippen molar-refractivity contribution in [3.8, 4) is 0 Å². The van der Waals surface area contributed by atoms with Gasteiger partial charge in [-0.2, -0.15) is 0 Å². The molecule has 3 nitrogen and oxygen atoms in total. The van der Waals surface area contributed by atoms with Gasteiger partial charge in [0, 0.05) is 6.20 Å². The predicted molar refractivity (Wildman–Crippen MR) is 49.5 cm³/mol. The van der Waals surface area contributed by atoms with E-state index in [2.05, 4.69) is 25.9 Å². The molecule has 0 aliphatic heterocycles. The second-order valence-corrected chi connectivity index (χ2v) is 3.80. The first-order valence-corrected chi connectivity index (χ1v) is 4.55. The van der Waals surface area contributed by atoms with Crippen molar-refractivity contribution in [3.63, 3.8) is 0 Å². The maximum Gasteiger partial charge on any atom is 0.115 e. The molecule has 1 atom stereocenters. The summed E-state index contributed by atoms with van der Waals surface area (Å²) in [6, 6.07) is 0. The second kappa shape index (κ2) is 3.96. The van der Waals surface area contributed by atoms with Gasteiger partial charge in [0.15, 0.2) is 0 Å². The molecule has 0 fully saturated rings. The molecule has 12 heavy (non-hydrogen) atoms. The fourth-order valence-corrected chi connectivity index (χ4v) is 1.31. The molecule has 1 aromatic heterocycles. The monoisotopic (exact) mass is 230 g/mol. The van der Waals surface area contributed by atoms with E-state index in [-0.39, 0.29) is 5.92 Å². The maximum atomic E-state index is 9.66. The van der Waals surface area contributed by atoms with Crippen LogP contribution in [0.25, 0.3) is 0 Å². The Morgan fingerprint density at radius 2 is 2.17 bits per heavy atom. The average Bonchev–Trinajstić information content (AvgIpc) is 2.04. The third-order valence-electron chi connectivity index (χ3n) is 1.61. The van der Waals surface area contributed by atoms with Crippen molar-refractivity contribution in [1.29, 1.82) is 0 Å². The summed E-state index contributed by atoms with van der Waals surface area (Å²) in [6.45, 7) is 3.89. The minimum absolute atomic E-state index is 0.163. The van der Waals surface area contributed by atoms with Crippen molar-refractivity contribution in [2.24, 2.45) is 5.92 Å². The molecule has 0 spiro atoms. The van der Waals surface area contributed by atoms with E-state index < -0.39 is 6.10 Å². The van der Waals surface area contributed by atoms with Crippen LogP contribution in [0, 0.1) is 5.92 Å². The van der Waals surface area contributed by atoms with Crippen molar-refractivity contribution in [1.82, 2.24) is 9.97 Å². The number of hydrogen-bond acceptors (Lipinski definition) is 3. The first-order valence-electron chi connectivity index (χ1n) is 3.76. The van der Waals surface area contributed by atoms with E-state index in [1.54, 1.807) is 6.20 Å². The molecule has 1 heterocycles. The minimum atomic E-state index is -0.526. The molecule has 0 aromatic carbocycles. The van der Waals surface area contributed by atoms with Gasteiger partial charge in [-0.25, -0.2) is 9.97 Å². The van der Waals surface area contributed by atoms with Crippen molar-refractivity contribution in [2.75, 3.05) is 0 Å². The summed E-state index contributed by atoms with van der Waals surface area (Å²) in [5.41, 5.74) is 0.653. The highest BCUT2D eigenvalue weighted by atomic mass is 79.9. The van der Waals surface area contributed by atoms with Gasteiger partial charge in [0.25, 0.3) is 0 Å². The number of rotatable bonds is 2. The van der Waals surface area contributed by atoms with Crippen molar-refractivity contribution in [3.05, 3.63) is 22.7 Å². The Hall–Kier alpha value is -0.480. The van der Waals surface area contributed by atoms with Gasteiger partial charge in [0.05, 0.1) is 16.3 Å². The van der Waals surface area contributed by atoms with Crippen LogP contribution in [0.2, 0.25) is 0 Å². The van der Waals surface area contributed by atoms with Crippen LogP contribution in [0.15, 0.2) is 17.0 Å². The van der Waals surface area contributed by atoms with Crippen LogP contribution in [-0.2, 0) is 0 Å². The lowest BCUT2D eigenvalue weighted by Gasteiger charge is -2.14. The highest BCUT2D eigenvalue weighted by molar-refractivity contribution is 9.10. The molecular formula is C8H11BrN2O. The van der Waals surface area contributed by atoms with Crippen LogP contribution >= 0.6 is 15.9 Å². The van der Waals surface area contributed by atoms with Crippen LogP contribution in [-0.4, -0.2) is 15.1 Å². The molecule has 0 bridgehead atoms. The normalized spacial score (nSPS) is 13.4. The first kappa shape index (κ1) is 9.61. The number of aromatic nitrogens is 2. The standard InChI is InChI=1S/C8H11BrN2O/c1-5(2)8(12)7-6(9)3-10-4-11-7/h3-5,8,12H,1-2H3. The van der Waals surface area contributed by atoms with Crippen molar-refractivity contribution in [2.45, 2.75) is 20.0 Å². The highest BCUT2D eigenvalue weighted by Crippen LogP contribution is 2.24. The molecule has 1 N–H and O–H groups in total. The van der Waals surface area contributed by atoms with Gasteiger partial charge >= 0.3 is 0 Å². The van der Waals surface area contributed by atoms with E-state index in [0.717, 1.165) is 4.47 Å². The summed E-state index contributed by atoms with van der Waals surface area (Å²) < 4.78 is 0.756. The third kappa shape index (κ3) is 2.01. The molecule has 1 rings (SSSR count). The largest absolute Gasteiger partial charge is 0.386 e. The summed E-state index contributed by atoms with van der Waals surface area (Å²) in [6.07, 6.45) is 2.54. The fourth-order valence-electron chi connectivity index (χ4n) is 0.855. The topological polar surface area (TPSA) is 46.0 Å². The Kier molecular flexibility index (Phi) is 3.17. The summed E-state index contributed by atoms with van der Waals surface area (Å²) >= 11 is 3.28. The summed E-state index contributed by atoms with van der Waals surface area (Å²) in [7, 11) is 0. The van der Waals surface area contributed by atoms with Gasteiger partial charge in [-0.3, -0.25) is 0 Å². The Bertz CT molecular complexity index is 265. The van der Waals surface area contributed by atoms with Gasteiger partial charge in [0.1, 0.15) is 6.33 Å². The van der Waals surface area contributed by atoms with Crippen LogP contribution in [0.5, 0.6) is 0 Å². The van der Waals surface area contributed by atoms with Gasteiger partial charge < -0.3 is 5.11 Å². The quantitative estimate of drug-likeness (QED) is 0.845. The van der Waals surface area contributed by atoms with E-state index >= 15 is 0 Å². The highest BCUT2D eigenvalue weighted by Gasteiger charge is 2.15. The van der Waals surface area contributed by atoms with Crippen molar-refractivity contribution >= 4 is 15.9 Å². The molecule has 0 saturated heterocycles. The second-order valence-electron chi connectivity index (χ2n) is 2.94. The van der Waals surface area contributed by atoms with Crippen LogP contribution in [0.1, 0.15) is 25.6 Å². The Morgan fingerprint density at radius 3 is 2.67 bits per heavy atom. The molecule has 1 aromatic rings. The van der Waals surface area contributed by atoms with Gasteiger partial charge in [0.2, 0.25) is 0 Å². The number of aliphatic hydroxyl groups excluding tert-OH is 1. The lowest BCUT2D eigenvalue weighted by atomic mass is 10.0. The molecule has 0 aliphatic rings. The lowest BCUT2D eigenvalue weighted by Crippen LogP contribution is -2.08. The van der Waals surface area contributed by atoms with Gasteiger partial charge in [-0.05, 0) is 21.8 Å². The minimum Gasteiger partial charge on any atom is -0.386 e. The summed E-state index contributed by atoms with van der Waals surface area (Å²) in [5.74, 6) is 0.163. The first-order chi connectivity index (χ1) is 5.63. The van der Waals surface area contributed by atoms with E-state index in [9.17, 15) is 5.11 Å². The Labute approximate surface area is 80.0 Å². The molecule has 1 unspecified atom stereocenters. The fraction of sp³-hybridized carbons (Fsp3) is 0.500. The summed E-state index contributed by atoms with van der Waals surface area (Å²) in [4.78, 5) is 7.81. The van der Waals surface area contributed by atoms with Gasteiger partial charge in [-0.15, -0.1) is 0 Å². The number of hydrogen-bond donors (Lipinski definition) is 1. The van der Waals surface area contributed by atoms with E-state index in [1.807, 2.05) is 13.8 Å². The summed E-state index contributed by atoms with van der Waals surface area (Å²) in [5, 5.41) is 9.66. The molecule has 0 amide bonds. The van der Waals surface area contributed by atoms with E-state index in [1.165, 1.54) is 6.33 Å². The molecule has 0 saturated carbocycles. The van der Waals surface area contributed by atoms with Crippen LogP contribution in [0.4, 0.5) is 0 Å². The van der Waals surface area contributed by atoms with Crippen LogP contribution < -0.4 is 0 Å². The molecule has 4 heteroatoms. The molecule has 66 valence electrons. The zero-order valence-electron chi connectivity index (χ0n) is 7.03. The molecular weight excluding hydrogens is 220 g/mol. The van der Waals surface area contributed by atoms with Crippen LogP contribution in [0.3, 0.4) is 0 Å². The Morgan fingerprint density at radius 1 is 1.50 bits per heavy atom. The third-order valence-corrected chi connectivity index (χ3v) is 2.22. The maximum absolute atomic E-state index is 9.66. The van der Waals surface area contributed by atoms with E-state index in [4.69, 9.17) is 0 Å². The number of nitrogens with zero attached hydrogens (tertiary/aromatic N) is 2. The number of aliphatic hydroxyl groups is 1. The predicted octanol–water partition coefficient (Wildman–Crippen LogP) is 1.93. The Balaban J connectivity index is 2.94. The van der Waals surface area contributed by atoms with Gasteiger partial charge in [-0.1, -0.05) is 13.8 Å². The zero-order chi connectivity index (χ0) is 9.14. The molecule has 0 aliphatic carbocycles. The SMILES string of the molecule is CC(C)C(O)c1ncncc1Br. The zero-order valence-corrected chi connectivity index (χ0v) is 8.62. The molecule has 0 radical (unpaired) electrons. The smallest absolute Gasteiger partial charge is 0.115 e. The lowest BCUT2D eigenvalue weighted by molar-refractivity contribution is 0.121. The van der Waals surface area contributed by atoms with E-state index in [0.29, 0.717) is 5.69 Å². The van der Waals surface area contributed by atoms with Crippen molar-refractivity contribution < 1.29 is 5.11 Å². The average molecular weight is 231 g/mol.